The van der Waals surface area contributed by atoms with Crippen LogP contribution in [0.1, 0.15) is 23.6 Å². The zero-order chi connectivity index (χ0) is 9.97. The summed E-state index contributed by atoms with van der Waals surface area (Å²) >= 11 is 0. The summed E-state index contributed by atoms with van der Waals surface area (Å²) in [6.45, 7) is 0. The minimum absolute atomic E-state index is 0.379. The van der Waals surface area contributed by atoms with Crippen LogP contribution < -0.4 is 11.5 Å². The quantitative estimate of drug-likeness (QED) is 0.773. The van der Waals surface area contributed by atoms with Crippen molar-refractivity contribution in [3.63, 3.8) is 0 Å². The standard InChI is InChI=1S/C10H12N2O2/c11-9(7-3-1-5-13-7)10(12)8-4-2-6-14-8/h1-6,9-10H,11-12H2. The molecule has 0 spiro atoms. The monoisotopic (exact) mass is 192 g/mol. The Kier molecular flexibility index (Phi) is 2.39. The van der Waals surface area contributed by atoms with Crippen LogP contribution in [0.3, 0.4) is 0 Å². The zero-order valence-corrected chi connectivity index (χ0v) is 7.59. The van der Waals surface area contributed by atoms with E-state index in [4.69, 9.17) is 20.3 Å². The first kappa shape index (κ1) is 9.05. The van der Waals surface area contributed by atoms with Gasteiger partial charge in [0.05, 0.1) is 24.6 Å². The van der Waals surface area contributed by atoms with Crippen molar-refractivity contribution in [2.24, 2.45) is 11.5 Å². The second-order valence-electron chi connectivity index (χ2n) is 3.08. The second-order valence-corrected chi connectivity index (χ2v) is 3.08. The number of nitrogens with two attached hydrogens (primary N) is 2. The molecule has 4 nitrogen and oxygen atoms in total. The fourth-order valence-corrected chi connectivity index (χ4v) is 1.32. The van der Waals surface area contributed by atoms with E-state index in [0.717, 1.165) is 0 Å². The van der Waals surface area contributed by atoms with Crippen LogP contribution in [-0.2, 0) is 0 Å². The third-order valence-corrected chi connectivity index (χ3v) is 2.13. The van der Waals surface area contributed by atoms with Gasteiger partial charge < -0.3 is 20.3 Å². The van der Waals surface area contributed by atoms with Gasteiger partial charge in [-0.05, 0) is 24.3 Å². The van der Waals surface area contributed by atoms with Crippen LogP contribution in [0, 0.1) is 0 Å². The Morgan fingerprint density at radius 2 is 1.29 bits per heavy atom. The van der Waals surface area contributed by atoms with Gasteiger partial charge in [0, 0.05) is 0 Å². The lowest BCUT2D eigenvalue weighted by Gasteiger charge is -2.15. The minimum atomic E-state index is -0.379. The number of hydrogen-bond acceptors (Lipinski definition) is 4. The molecular weight excluding hydrogens is 180 g/mol. The van der Waals surface area contributed by atoms with Crippen molar-refractivity contribution < 1.29 is 8.83 Å². The molecule has 0 radical (unpaired) electrons. The van der Waals surface area contributed by atoms with E-state index in [-0.39, 0.29) is 12.1 Å². The highest BCUT2D eigenvalue weighted by Gasteiger charge is 2.21. The lowest BCUT2D eigenvalue weighted by atomic mass is 10.1. The van der Waals surface area contributed by atoms with E-state index in [0.29, 0.717) is 11.5 Å². The molecule has 2 aromatic heterocycles. The fourth-order valence-electron chi connectivity index (χ4n) is 1.32. The van der Waals surface area contributed by atoms with Crippen molar-refractivity contribution in [1.29, 1.82) is 0 Å². The predicted octanol–water partition coefficient (Wildman–Crippen LogP) is 1.57. The molecule has 0 bridgehead atoms. The number of rotatable bonds is 3. The summed E-state index contributed by atoms with van der Waals surface area (Å²) in [4.78, 5) is 0. The Morgan fingerprint density at radius 3 is 1.57 bits per heavy atom. The number of hydrogen-bond donors (Lipinski definition) is 2. The summed E-state index contributed by atoms with van der Waals surface area (Å²) in [6, 6.07) is 6.40. The van der Waals surface area contributed by atoms with Gasteiger partial charge in [-0.3, -0.25) is 0 Å². The SMILES string of the molecule is NC(c1ccco1)C(N)c1ccco1. The van der Waals surface area contributed by atoms with Gasteiger partial charge in [0.1, 0.15) is 11.5 Å². The molecule has 0 saturated carbocycles. The van der Waals surface area contributed by atoms with Crippen molar-refractivity contribution in [1.82, 2.24) is 0 Å². The summed E-state index contributed by atoms with van der Waals surface area (Å²) in [5.74, 6) is 1.32. The van der Waals surface area contributed by atoms with Crippen LogP contribution in [0.2, 0.25) is 0 Å². The molecule has 4 heteroatoms. The zero-order valence-electron chi connectivity index (χ0n) is 7.59. The van der Waals surface area contributed by atoms with Gasteiger partial charge in [0.15, 0.2) is 0 Å². The molecule has 0 aromatic carbocycles. The van der Waals surface area contributed by atoms with Crippen molar-refractivity contribution in [2.45, 2.75) is 12.1 Å². The average Bonchev–Trinajstić information content (AvgIpc) is 2.87. The first-order valence-electron chi connectivity index (χ1n) is 4.37. The molecule has 4 N–H and O–H groups in total. The molecule has 74 valence electrons. The van der Waals surface area contributed by atoms with Gasteiger partial charge in [0.2, 0.25) is 0 Å². The molecule has 0 aliphatic rings. The maximum atomic E-state index is 5.90. The smallest absolute Gasteiger partial charge is 0.122 e. The van der Waals surface area contributed by atoms with Gasteiger partial charge >= 0.3 is 0 Å². The Balaban J connectivity index is 2.16. The van der Waals surface area contributed by atoms with Gasteiger partial charge in [-0.2, -0.15) is 0 Å². The molecular formula is C10H12N2O2. The summed E-state index contributed by atoms with van der Waals surface area (Å²) < 4.78 is 10.3. The molecule has 2 atom stereocenters. The van der Waals surface area contributed by atoms with E-state index < -0.39 is 0 Å². The van der Waals surface area contributed by atoms with Gasteiger partial charge in [-0.1, -0.05) is 0 Å². The van der Waals surface area contributed by atoms with E-state index >= 15 is 0 Å². The molecule has 0 aliphatic heterocycles. The Labute approximate surface area is 81.5 Å². The topological polar surface area (TPSA) is 78.3 Å². The van der Waals surface area contributed by atoms with Crippen LogP contribution in [0.5, 0.6) is 0 Å². The molecule has 2 aromatic rings. The molecule has 0 fully saturated rings. The summed E-state index contributed by atoms with van der Waals surface area (Å²) in [5, 5.41) is 0. The Morgan fingerprint density at radius 1 is 0.857 bits per heavy atom. The van der Waals surface area contributed by atoms with Gasteiger partial charge in [-0.15, -0.1) is 0 Å². The summed E-state index contributed by atoms with van der Waals surface area (Å²) in [7, 11) is 0. The first-order valence-corrected chi connectivity index (χ1v) is 4.37. The number of furan rings is 2. The van der Waals surface area contributed by atoms with Gasteiger partial charge in [-0.25, -0.2) is 0 Å². The van der Waals surface area contributed by atoms with E-state index in [9.17, 15) is 0 Å². The maximum Gasteiger partial charge on any atom is 0.122 e. The highest BCUT2D eigenvalue weighted by Crippen LogP contribution is 2.24. The molecule has 2 unspecified atom stereocenters. The molecule has 2 heterocycles. The van der Waals surface area contributed by atoms with Crippen LogP contribution in [-0.4, -0.2) is 0 Å². The lowest BCUT2D eigenvalue weighted by Crippen LogP contribution is -2.25. The van der Waals surface area contributed by atoms with Crippen LogP contribution in [0.25, 0.3) is 0 Å². The third kappa shape index (κ3) is 1.57. The highest BCUT2D eigenvalue weighted by atomic mass is 16.3. The van der Waals surface area contributed by atoms with Crippen molar-refractivity contribution in [3.8, 4) is 0 Å². The molecule has 0 aliphatic carbocycles. The highest BCUT2D eigenvalue weighted by molar-refractivity contribution is 5.13. The lowest BCUT2D eigenvalue weighted by molar-refractivity contribution is 0.381. The molecule has 0 amide bonds. The van der Waals surface area contributed by atoms with Crippen molar-refractivity contribution in [2.75, 3.05) is 0 Å². The van der Waals surface area contributed by atoms with Crippen LogP contribution in [0.4, 0.5) is 0 Å². The largest absolute Gasteiger partial charge is 0.468 e. The van der Waals surface area contributed by atoms with Crippen LogP contribution in [0.15, 0.2) is 45.6 Å². The minimum Gasteiger partial charge on any atom is -0.468 e. The van der Waals surface area contributed by atoms with Gasteiger partial charge in [0.25, 0.3) is 0 Å². The van der Waals surface area contributed by atoms with E-state index in [1.165, 1.54) is 0 Å². The molecule has 0 saturated heterocycles. The van der Waals surface area contributed by atoms with Crippen LogP contribution >= 0.6 is 0 Å². The first-order chi connectivity index (χ1) is 6.79. The van der Waals surface area contributed by atoms with E-state index in [1.807, 2.05) is 0 Å². The third-order valence-electron chi connectivity index (χ3n) is 2.13. The van der Waals surface area contributed by atoms with Crippen molar-refractivity contribution >= 4 is 0 Å². The summed E-state index contributed by atoms with van der Waals surface area (Å²) in [5.41, 5.74) is 11.8. The molecule has 2 rings (SSSR count). The Bertz CT molecular complexity index is 328. The average molecular weight is 192 g/mol. The summed E-state index contributed by atoms with van der Waals surface area (Å²) in [6.07, 6.45) is 3.15. The second kappa shape index (κ2) is 3.69. The van der Waals surface area contributed by atoms with Crippen molar-refractivity contribution in [3.05, 3.63) is 48.3 Å². The van der Waals surface area contributed by atoms with E-state index in [1.54, 1.807) is 36.8 Å². The maximum absolute atomic E-state index is 5.90. The fraction of sp³-hybridized carbons (Fsp3) is 0.200. The normalized spacial score (nSPS) is 15.3. The van der Waals surface area contributed by atoms with E-state index in [2.05, 4.69) is 0 Å². The molecule has 14 heavy (non-hydrogen) atoms. The predicted molar refractivity (Wildman–Crippen MR) is 51.3 cm³/mol. The Hall–Kier alpha value is -1.52.